The van der Waals surface area contributed by atoms with Gasteiger partial charge >= 0.3 is 6.18 Å². The van der Waals surface area contributed by atoms with E-state index in [0.29, 0.717) is 23.7 Å². The lowest BCUT2D eigenvalue weighted by Crippen LogP contribution is -2.45. The lowest BCUT2D eigenvalue weighted by atomic mass is 9.62. The van der Waals surface area contributed by atoms with Gasteiger partial charge in [0.05, 0.1) is 25.0 Å². The van der Waals surface area contributed by atoms with Crippen molar-refractivity contribution in [2.75, 3.05) is 19.0 Å². The highest BCUT2D eigenvalue weighted by atomic mass is 19.4. The number of methoxy groups -OCH3 is 1. The number of nitrogens with one attached hydrogen (secondary N) is 1. The van der Waals surface area contributed by atoms with E-state index in [1.165, 1.54) is 13.2 Å². The molecular weight excluding hydrogens is 413 g/mol. The molecule has 1 saturated carbocycles. The standard InChI is InChI=1S/C21H19F3N4O3/c1-19-9-20(10-19,11-31-19)16-8-28-7-13(14(30-2)6-17(28)27-16)26-18(29)12-4-3-5-15(25-12)21(22,23)24/h3-8H,9-11H2,1-2H3,(H,26,29). The van der Waals surface area contributed by atoms with Crippen LogP contribution in [0.4, 0.5) is 18.9 Å². The Labute approximate surface area is 175 Å². The SMILES string of the molecule is COc1cc2nc(C34COC(C)(C3)C4)cn2cc1NC(=O)c1cccc(C(F)(F)F)n1. The lowest BCUT2D eigenvalue weighted by Gasteiger charge is -2.41. The summed E-state index contributed by atoms with van der Waals surface area (Å²) in [5, 5.41) is 2.59. The monoisotopic (exact) mass is 432 g/mol. The number of nitrogens with zero attached hydrogens (tertiary/aromatic N) is 3. The average Bonchev–Trinajstić information content (AvgIpc) is 3.37. The Balaban J connectivity index is 1.45. The van der Waals surface area contributed by atoms with Gasteiger partial charge in [0.15, 0.2) is 0 Å². The summed E-state index contributed by atoms with van der Waals surface area (Å²) in [7, 11) is 1.44. The summed E-state index contributed by atoms with van der Waals surface area (Å²) in [6.07, 6.45) is 0.695. The smallest absolute Gasteiger partial charge is 0.433 e. The van der Waals surface area contributed by atoms with Crippen molar-refractivity contribution in [3.63, 3.8) is 0 Å². The highest BCUT2D eigenvalue weighted by Gasteiger charge is 2.61. The molecule has 2 bridgehead atoms. The molecule has 3 fully saturated rings. The molecule has 0 radical (unpaired) electrons. The molecule has 0 spiro atoms. The van der Waals surface area contributed by atoms with E-state index in [1.54, 1.807) is 16.7 Å². The van der Waals surface area contributed by atoms with Crippen LogP contribution in [0.2, 0.25) is 0 Å². The number of hydrogen-bond donors (Lipinski definition) is 1. The Morgan fingerprint density at radius 3 is 2.68 bits per heavy atom. The molecule has 3 aromatic heterocycles. The van der Waals surface area contributed by atoms with Crippen LogP contribution in [0, 0.1) is 0 Å². The molecule has 162 valence electrons. The fraction of sp³-hybridized carbons (Fsp3) is 0.381. The molecule has 3 aromatic rings. The van der Waals surface area contributed by atoms with Gasteiger partial charge in [0.25, 0.3) is 5.91 Å². The number of aromatic nitrogens is 3. The van der Waals surface area contributed by atoms with Gasteiger partial charge in [-0.1, -0.05) is 6.07 Å². The largest absolute Gasteiger partial charge is 0.494 e. The van der Waals surface area contributed by atoms with Crippen molar-refractivity contribution >= 4 is 17.2 Å². The van der Waals surface area contributed by atoms with Crippen LogP contribution >= 0.6 is 0 Å². The molecule has 0 aromatic carbocycles. The van der Waals surface area contributed by atoms with Crippen molar-refractivity contribution in [2.45, 2.75) is 37.0 Å². The fourth-order valence-corrected chi connectivity index (χ4v) is 4.59. The number of hydrogen-bond acceptors (Lipinski definition) is 5. The third-order valence-corrected chi connectivity index (χ3v) is 5.96. The zero-order valence-electron chi connectivity index (χ0n) is 16.8. The molecule has 2 saturated heterocycles. The molecule has 5 heterocycles. The number of carbonyl (C=O) groups excluding carboxylic acids is 1. The summed E-state index contributed by atoms with van der Waals surface area (Å²) >= 11 is 0. The molecular formula is C21H19F3N4O3. The maximum absolute atomic E-state index is 12.9. The van der Waals surface area contributed by atoms with Crippen LogP contribution in [0.25, 0.3) is 5.65 Å². The number of halogens is 3. The van der Waals surface area contributed by atoms with E-state index >= 15 is 0 Å². The molecule has 31 heavy (non-hydrogen) atoms. The van der Waals surface area contributed by atoms with Crippen molar-refractivity contribution in [1.82, 2.24) is 14.4 Å². The highest BCUT2D eigenvalue weighted by Crippen LogP contribution is 2.58. The number of anilines is 1. The van der Waals surface area contributed by atoms with E-state index < -0.39 is 17.8 Å². The third kappa shape index (κ3) is 3.21. The van der Waals surface area contributed by atoms with Gasteiger partial charge < -0.3 is 19.2 Å². The second-order valence-electron chi connectivity index (χ2n) is 8.38. The Kier molecular flexibility index (Phi) is 4.11. The van der Waals surface area contributed by atoms with Gasteiger partial charge in [0.1, 0.15) is 28.5 Å². The first kappa shape index (κ1) is 19.8. The summed E-state index contributed by atoms with van der Waals surface area (Å²) in [6.45, 7) is 2.71. The quantitative estimate of drug-likeness (QED) is 0.678. The summed E-state index contributed by atoms with van der Waals surface area (Å²) in [6, 6.07) is 4.84. The van der Waals surface area contributed by atoms with E-state index in [9.17, 15) is 18.0 Å². The number of pyridine rings is 2. The van der Waals surface area contributed by atoms with Crippen LogP contribution in [0.15, 0.2) is 36.7 Å². The molecule has 1 amide bonds. The summed E-state index contributed by atoms with van der Waals surface area (Å²) in [5.74, 6) is -0.440. The van der Waals surface area contributed by atoms with E-state index in [-0.39, 0.29) is 16.7 Å². The van der Waals surface area contributed by atoms with E-state index in [1.807, 2.05) is 6.20 Å². The molecule has 0 unspecified atom stereocenters. The minimum atomic E-state index is -4.64. The van der Waals surface area contributed by atoms with Crippen LogP contribution in [-0.4, -0.2) is 39.6 Å². The number of carbonyl (C=O) groups is 1. The van der Waals surface area contributed by atoms with Crippen molar-refractivity contribution in [1.29, 1.82) is 0 Å². The van der Waals surface area contributed by atoms with E-state index in [0.717, 1.165) is 30.7 Å². The van der Waals surface area contributed by atoms with Gasteiger partial charge in [-0.15, -0.1) is 0 Å². The Bertz CT molecular complexity index is 1200. The second-order valence-corrected chi connectivity index (χ2v) is 8.38. The number of fused-ring (bicyclic) bond motifs is 2. The van der Waals surface area contributed by atoms with Gasteiger partial charge in [-0.25, -0.2) is 9.97 Å². The van der Waals surface area contributed by atoms with Gasteiger partial charge in [0.2, 0.25) is 0 Å². The Hall–Kier alpha value is -3.14. The molecule has 10 heteroatoms. The number of imidazole rings is 1. The Morgan fingerprint density at radius 2 is 2.03 bits per heavy atom. The minimum absolute atomic E-state index is 0.0788. The van der Waals surface area contributed by atoms with Crippen molar-refractivity contribution < 1.29 is 27.4 Å². The number of amides is 1. The first-order valence-electron chi connectivity index (χ1n) is 9.68. The van der Waals surface area contributed by atoms with Crippen molar-refractivity contribution in [2.24, 2.45) is 0 Å². The first-order chi connectivity index (χ1) is 14.6. The van der Waals surface area contributed by atoms with Gasteiger partial charge in [-0.05, 0) is 31.9 Å². The summed E-state index contributed by atoms with van der Waals surface area (Å²) in [4.78, 5) is 20.7. The first-order valence-corrected chi connectivity index (χ1v) is 9.68. The topological polar surface area (TPSA) is 77.8 Å². The maximum atomic E-state index is 12.9. The predicted octanol–water partition coefficient (Wildman–Crippen LogP) is 3.83. The van der Waals surface area contributed by atoms with E-state index in [4.69, 9.17) is 14.5 Å². The average molecular weight is 432 g/mol. The van der Waals surface area contributed by atoms with E-state index in [2.05, 4.69) is 17.2 Å². The van der Waals surface area contributed by atoms with Gasteiger partial charge in [-0.3, -0.25) is 4.79 Å². The Morgan fingerprint density at radius 1 is 1.26 bits per heavy atom. The third-order valence-electron chi connectivity index (χ3n) is 5.96. The lowest BCUT2D eigenvalue weighted by molar-refractivity contribution is -0.141. The van der Waals surface area contributed by atoms with Crippen LogP contribution in [-0.2, 0) is 16.3 Å². The molecule has 2 aliphatic heterocycles. The van der Waals surface area contributed by atoms with Gasteiger partial charge in [0, 0.05) is 23.9 Å². The number of rotatable bonds is 4. The minimum Gasteiger partial charge on any atom is -0.494 e. The van der Waals surface area contributed by atoms with Crippen molar-refractivity contribution in [3.05, 3.63) is 53.7 Å². The molecule has 1 N–H and O–H groups in total. The highest BCUT2D eigenvalue weighted by molar-refractivity contribution is 6.03. The second kappa shape index (κ2) is 6.43. The molecule has 6 rings (SSSR count). The van der Waals surface area contributed by atoms with Crippen molar-refractivity contribution in [3.8, 4) is 5.75 Å². The number of ether oxygens (including phenoxy) is 2. The summed E-state index contributed by atoms with van der Waals surface area (Å²) < 4.78 is 51.7. The van der Waals surface area contributed by atoms with Crippen LogP contribution in [0.1, 0.15) is 41.6 Å². The molecule has 1 aliphatic carbocycles. The molecule has 7 nitrogen and oxygen atoms in total. The van der Waals surface area contributed by atoms with Crippen LogP contribution in [0.5, 0.6) is 5.75 Å². The normalized spacial score (nSPS) is 24.8. The zero-order chi connectivity index (χ0) is 22.0. The summed E-state index contributed by atoms with van der Waals surface area (Å²) in [5.41, 5.74) is 0.182. The van der Waals surface area contributed by atoms with Crippen LogP contribution < -0.4 is 10.1 Å². The maximum Gasteiger partial charge on any atom is 0.433 e. The molecule has 3 aliphatic rings. The van der Waals surface area contributed by atoms with Crippen LogP contribution in [0.3, 0.4) is 0 Å². The number of alkyl halides is 3. The molecule has 0 atom stereocenters. The predicted molar refractivity (Wildman–Crippen MR) is 104 cm³/mol. The van der Waals surface area contributed by atoms with Gasteiger partial charge in [-0.2, -0.15) is 13.2 Å². The zero-order valence-corrected chi connectivity index (χ0v) is 16.8. The fourth-order valence-electron chi connectivity index (χ4n) is 4.59.